The van der Waals surface area contributed by atoms with E-state index in [1.165, 1.54) is 35.5 Å². The van der Waals surface area contributed by atoms with Gasteiger partial charge in [0.25, 0.3) is 15.9 Å². The monoisotopic (exact) mass is 363 g/mol. The number of rotatable bonds is 7. The summed E-state index contributed by atoms with van der Waals surface area (Å²) in [6, 6.07) is 7.26. The molecule has 0 aliphatic rings. The van der Waals surface area contributed by atoms with Crippen LogP contribution in [0, 0.1) is 0 Å². The summed E-state index contributed by atoms with van der Waals surface area (Å²) in [6.07, 6.45) is 4.30. The standard InChI is InChI=1S/C17H21N3O4S/c1-3-4-11-20(2)17(22)13-7-5-6-8-16(13)25(23,24)19-14-12-18-10-9-15(14)21/h5-10,12,19H,3-4,11H2,1-2H3,(H,18,21). The van der Waals surface area contributed by atoms with Crippen LogP contribution < -0.4 is 4.72 Å². The molecule has 0 bridgehead atoms. The van der Waals surface area contributed by atoms with Crippen LogP contribution in [0.1, 0.15) is 30.1 Å². The first-order chi connectivity index (χ1) is 11.9. The fraction of sp³-hybridized carbons (Fsp3) is 0.294. The Bertz CT molecular complexity index is 852. The van der Waals surface area contributed by atoms with Gasteiger partial charge >= 0.3 is 0 Å². The Morgan fingerprint density at radius 2 is 2.00 bits per heavy atom. The van der Waals surface area contributed by atoms with Gasteiger partial charge in [0.15, 0.2) is 0 Å². The molecule has 1 heterocycles. The quantitative estimate of drug-likeness (QED) is 0.787. The second-order valence-corrected chi connectivity index (χ2v) is 7.23. The van der Waals surface area contributed by atoms with E-state index in [1.807, 2.05) is 6.92 Å². The molecule has 2 aromatic rings. The van der Waals surface area contributed by atoms with Crippen molar-refractivity contribution in [2.45, 2.75) is 24.7 Å². The molecule has 0 saturated heterocycles. The summed E-state index contributed by atoms with van der Waals surface area (Å²) in [6.45, 7) is 2.56. The number of unbranched alkanes of at least 4 members (excludes halogenated alkanes) is 1. The van der Waals surface area contributed by atoms with Gasteiger partial charge in [0.2, 0.25) is 0 Å². The third-order valence-corrected chi connectivity index (χ3v) is 5.07. The lowest BCUT2D eigenvalue weighted by Gasteiger charge is -2.19. The number of nitrogens with one attached hydrogen (secondary N) is 1. The largest absolute Gasteiger partial charge is 0.506 e. The second kappa shape index (κ2) is 7.98. The molecule has 0 spiro atoms. The zero-order valence-electron chi connectivity index (χ0n) is 14.1. The van der Waals surface area contributed by atoms with Crippen molar-refractivity contribution in [1.82, 2.24) is 9.88 Å². The predicted molar refractivity (Wildman–Crippen MR) is 95.0 cm³/mol. The molecule has 134 valence electrons. The number of sulfonamides is 1. The zero-order valence-corrected chi connectivity index (χ0v) is 15.0. The third kappa shape index (κ3) is 4.48. The smallest absolute Gasteiger partial charge is 0.262 e. The van der Waals surface area contributed by atoms with Crippen LogP contribution in [0.3, 0.4) is 0 Å². The Labute approximate surface area is 147 Å². The van der Waals surface area contributed by atoms with Crippen molar-refractivity contribution >= 4 is 21.6 Å². The van der Waals surface area contributed by atoms with Crippen molar-refractivity contribution in [2.24, 2.45) is 0 Å². The normalized spacial score (nSPS) is 11.1. The van der Waals surface area contributed by atoms with Crippen LogP contribution in [0.2, 0.25) is 0 Å². The molecule has 0 fully saturated rings. The predicted octanol–water partition coefficient (Wildman–Crippen LogP) is 2.46. The lowest BCUT2D eigenvalue weighted by atomic mass is 10.2. The molecule has 8 heteroatoms. The molecule has 1 amide bonds. The van der Waals surface area contributed by atoms with Crippen molar-refractivity contribution < 1.29 is 18.3 Å². The highest BCUT2D eigenvalue weighted by atomic mass is 32.2. The SMILES string of the molecule is CCCCN(C)C(=O)c1ccccc1S(=O)(=O)Nc1cnccc1O. The van der Waals surface area contributed by atoms with Gasteiger partial charge in [-0.25, -0.2) is 8.42 Å². The fourth-order valence-electron chi connectivity index (χ4n) is 2.25. The minimum absolute atomic E-state index is 0.0518. The maximum Gasteiger partial charge on any atom is 0.262 e. The molecule has 0 unspecified atom stereocenters. The van der Waals surface area contributed by atoms with E-state index < -0.39 is 10.0 Å². The molecule has 7 nitrogen and oxygen atoms in total. The number of amides is 1. The lowest BCUT2D eigenvalue weighted by molar-refractivity contribution is 0.0789. The van der Waals surface area contributed by atoms with Crippen LogP contribution in [0.4, 0.5) is 5.69 Å². The Hall–Kier alpha value is -2.61. The molecular weight excluding hydrogens is 342 g/mol. The zero-order chi connectivity index (χ0) is 18.4. The van der Waals surface area contributed by atoms with E-state index in [0.717, 1.165) is 12.8 Å². The highest BCUT2D eigenvalue weighted by Gasteiger charge is 2.24. The number of anilines is 1. The first-order valence-electron chi connectivity index (χ1n) is 7.87. The van der Waals surface area contributed by atoms with Crippen molar-refractivity contribution in [2.75, 3.05) is 18.3 Å². The number of hydrogen-bond acceptors (Lipinski definition) is 5. The number of carbonyl (C=O) groups is 1. The van der Waals surface area contributed by atoms with Crippen molar-refractivity contribution in [3.8, 4) is 5.75 Å². The number of aromatic nitrogens is 1. The molecule has 0 atom stereocenters. The Kier molecular flexibility index (Phi) is 5.97. The van der Waals surface area contributed by atoms with Gasteiger partial charge in [-0.15, -0.1) is 0 Å². The maximum absolute atomic E-state index is 12.7. The Morgan fingerprint density at radius 3 is 2.68 bits per heavy atom. The third-order valence-electron chi connectivity index (χ3n) is 3.64. The van der Waals surface area contributed by atoms with Gasteiger partial charge in [0.05, 0.1) is 11.8 Å². The van der Waals surface area contributed by atoms with Crippen LogP contribution in [0.15, 0.2) is 47.6 Å². The van der Waals surface area contributed by atoms with Gasteiger partial charge in [-0.1, -0.05) is 25.5 Å². The summed E-state index contributed by atoms with van der Waals surface area (Å²) in [4.78, 5) is 17.7. The summed E-state index contributed by atoms with van der Waals surface area (Å²) < 4.78 is 27.7. The van der Waals surface area contributed by atoms with Crippen LogP contribution in [0.25, 0.3) is 0 Å². The average Bonchev–Trinajstić information content (AvgIpc) is 2.61. The van der Waals surface area contributed by atoms with Gasteiger partial charge in [-0.3, -0.25) is 14.5 Å². The molecular formula is C17H21N3O4S. The number of hydrogen-bond donors (Lipinski definition) is 2. The summed E-state index contributed by atoms with van der Waals surface area (Å²) >= 11 is 0. The van der Waals surface area contributed by atoms with E-state index in [1.54, 1.807) is 19.2 Å². The maximum atomic E-state index is 12.7. The van der Waals surface area contributed by atoms with Gasteiger partial charge in [0.1, 0.15) is 16.3 Å². The highest BCUT2D eigenvalue weighted by molar-refractivity contribution is 7.92. The minimum Gasteiger partial charge on any atom is -0.506 e. The lowest BCUT2D eigenvalue weighted by Crippen LogP contribution is -2.29. The van der Waals surface area contributed by atoms with Crippen LogP contribution in [0.5, 0.6) is 5.75 Å². The van der Waals surface area contributed by atoms with E-state index in [0.29, 0.717) is 6.54 Å². The highest BCUT2D eigenvalue weighted by Crippen LogP contribution is 2.25. The number of nitrogens with zero attached hydrogens (tertiary/aromatic N) is 2. The summed E-state index contributed by atoms with van der Waals surface area (Å²) in [5, 5.41) is 9.74. The van der Waals surface area contributed by atoms with E-state index in [9.17, 15) is 18.3 Å². The molecule has 0 radical (unpaired) electrons. The van der Waals surface area contributed by atoms with Crippen LogP contribution >= 0.6 is 0 Å². The first-order valence-corrected chi connectivity index (χ1v) is 9.35. The van der Waals surface area contributed by atoms with Gasteiger partial charge in [0, 0.05) is 25.9 Å². The summed E-state index contributed by atoms with van der Waals surface area (Å²) in [7, 11) is -2.42. The summed E-state index contributed by atoms with van der Waals surface area (Å²) in [5.41, 5.74) is 0.0288. The van der Waals surface area contributed by atoms with E-state index in [-0.39, 0.29) is 27.8 Å². The molecule has 1 aromatic heterocycles. The number of aromatic hydroxyl groups is 1. The van der Waals surface area contributed by atoms with E-state index in [2.05, 4.69) is 9.71 Å². The average molecular weight is 363 g/mol. The number of benzene rings is 1. The first kappa shape index (κ1) is 18.7. The minimum atomic E-state index is -4.06. The van der Waals surface area contributed by atoms with Crippen molar-refractivity contribution in [3.63, 3.8) is 0 Å². The van der Waals surface area contributed by atoms with Crippen LogP contribution in [-0.2, 0) is 10.0 Å². The van der Waals surface area contributed by atoms with E-state index >= 15 is 0 Å². The molecule has 0 saturated carbocycles. The molecule has 0 aliphatic carbocycles. The van der Waals surface area contributed by atoms with Crippen molar-refractivity contribution in [3.05, 3.63) is 48.3 Å². The molecule has 1 aromatic carbocycles. The topological polar surface area (TPSA) is 99.6 Å². The van der Waals surface area contributed by atoms with Gasteiger partial charge in [-0.2, -0.15) is 0 Å². The number of carbonyl (C=O) groups excluding carboxylic acids is 1. The fourth-order valence-corrected chi connectivity index (χ4v) is 3.50. The Morgan fingerprint density at radius 1 is 1.28 bits per heavy atom. The summed E-state index contributed by atoms with van der Waals surface area (Å²) in [5.74, 6) is -0.618. The molecule has 2 N–H and O–H groups in total. The number of pyridine rings is 1. The van der Waals surface area contributed by atoms with E-state index in [4.69, 9.17) is 0 Å². The van der Waals surface area contributed by atoms with Crippen LogP contribution in [-0.4, -0.2) is 42.9 Å². The van der Waals surface area contributed by atoms with Gasteiger partial charge in [-0.05, 0) is 18.6 Å². The molecule has 2 rings (SSSR count). The second-order valence-electron chi connectivity index (χ2n) is 5.57. The van der Waals surface area contributed by atoms with Gasteiger partial charge < -0.3 is 10.0 Å². The molecule has 0 aliphatic heterocycles. The molecule has 25 heavy (non-hydrogen) atoms. The van der Waals surface area contributed by atoms with Crippen molar-refractivity contribution in [1.29, 1.82) is 0 Å². The Balaban J connectivity index is 2.36.